The van der Waals surface area contributed by atoms with Crippen molar-refractivity contribution in [3.8, 4) is 0 Å². The van der Waals surface area contributed by atoms with Gasteiger partial charge in [0.2, 0.25) is 0 Å². The van der Waals surface area contributed by atoms with E-state index in [1.807, 2.05) is 18.2 Å². The number of hydrogen-bond acceptors (Lipinski definition) is 3. The summed E-state index contributed by atoms with van der Waals surface area (Å²) in [5.74, 6) is -0.300. The lowest BCUT2D eigenvalue weighted by Gasteiger charge is -2.17. The van der Waals surface area contributed by atoms with E-state index >= 15 is 0 Å². The minimum Gasteiger partial charge on any atom is -0.314 e. The zero-order chi connectivity index (χ0) is 10.6. The summed E-state index contributed by atoms with van der Waals surface area (Å²) in [5.41, 5.74) is 0.757. The monoisotopic (exact) mass is 192 g/mol. The van der Waals surface area contributed by atoms with Gasteiger partial charge in [0.25, 0.3) is 5.91 Å². The second-order valence-electron chi connectivity index (χ2n) is 3.01. The molecule has 0 heterocycles. The van der Waals surface area contributed by atoms with Crippen molar-refractivity contribution in [1.82, 2.24) is 0 Å². The molecule has 0 aromatic heterocycles. The highest BCUT2D eigenvalue weighted by Gasteiger charge is 2.18. The SMILES string of the molecule is CC(N=O)C(=O)N(C)c1ccccc1. The lowest BCUT2D eigenvalue weighted by Crippen LogP contribution is -2.33. The van der Waals surface area contributed by atoms with Gasteiger partial charge in [0, 0.05) is 12.7 Å². The summed E-state index contributed by atoms with van der Waals surface area (Å²) in [5, 5.41) is 2.69. The largest absolute Gasteiger partial charge is 0.314 e. The van der Waals surface area contributed by atoms with Crippen molar-refractivity contribution < 1.29 is 4.79 Å². The number of amides is 1. The van der Waals surface area contributed by atoms with Crippen LogP contribution >= 0.6 is 0 Å². The van der Waals surface area contributed by atoms with E-state index in [0.717, 1.165) is 5.69 Å². The van der Waals surface area contributed by atoms with Crippen LogP contribution in [0, 0.1) is 4.91 Å². The van der Waals surface area contributed by atoms with Crippen LogP contribution in [0.3, 0.4) is 0 Å². The van der Waals surface area contributed by atoms with Crippen molar-refractivity contribution in [3.05, 3.63) is 35.2 Å². The molecule has 0 aliphatic heterocycles. The van der Waals surface area contributed by atoms with E-state index in [1.54, 1.807) is 19.2 Å². The number of hydrogen-bond donors (Lipinski definition) is 0. The highest BCUT2D eigenvalue weighted by molar-refractivity contribution is 5.96. The molecule has 0 aliphatic carbocycles. The Balaban J connectivity index is 2.80. The van der Waals surface area contributed by atoms with Crippen LogP contribution in [-0.4, -0.2) is 19.0 Å². The Hall–Kier alpha value is -1.71. The summed E-state index contributed by atoms with van der Waals surface area (Å²) < 4.78 is 0. The molecular formula is C10H12N2O2. The number of carbonyl (C=O) groups is 1. The maximum absolute atomic E-state index is 11.5. The van der Waals surface area contributed by atoms with Gasteiger partial charge < -0.3 is 4.90 Å². The number of carbonyl (C=O) groups excluding carboxylic acids is 1. The summed E-state index contributed by atoms with van der Waals surface area (Å²) >= 11 is 0. The van der Waals surface area contributed by atoms with E-state index in [0.29, 0.717) is 0 Å². The van der Waals surface area contributed by atoms with Crippen molar-refractivity contribution in [2.45, 2.75) is 13.0 Å². The molecule has 1 atom stereocenters. The fourth-order valence-corrected chi connectivity index (χ4v) is 1.10. The van der Waals surface area contributed by atoms with Gasteiger partial charge in [-0.3, -0.25) is 4.79 Å². The Kier molecular flexibility index (Phi) is 3.34. The first-order valence-electron chi connectivity index (χ1n) is 4.32. The van der Waals surface area contributed by atoms with Gasteiger partial charge in [-0.2, -0.15) is 0 Å². The highest BCUT2D eigenvalue weighted by atomic mass is 16.3. The standard InChI is InChI=1S/C10H12N2O2/c1-8(11-14)10(13)12(2)9-6-4-3-5-7-9/h3-8H,1-2H3. The predicted octanol–water partition coefficient (Wildman–Crippen LogP) is 1.80. The molecule has 0 N–H and O–H groups in total. The second kappa shape index (κ2) is 4.50. The van der Waals surface area contributed by atoms with Gasteiger partial charge in [-0.1, -0.05) is 23.4 Å². The Morgan fingerprint density at radius 2 is 1.93 bits per heavy atom. The molecule has 1 amide bonds. The molecule has 4 nitrogen and oxygen atoms in total. The van der Waals surface area contributed by atoms with Crippen molar-refractivity contribution >= 4 is 11.6 Å². The summed E-state index contributed by atoms with van der Waals surface area (Å²) in [7, 11) is 1.62. The first-order chi connectivity index (χ1) is 6.66. The number of benzene rings is 1. The zero-order valence-corrected chi connectivity index (χ0v) is 8.18. The summed E-state index contributed by atoms with van der Waals surface area (Å²) in [6.07, 6.45) is 0. The fourth-order valence-electron chi connectivity index (χ4n) is 1.10. The topological polar surface area (TPSA) is 49.7 Å². The second-order valence-corrected chi connectivity index (χ2v) is 3.01. The number of anilines is 1. The lowest BCUT2D eigenvalue weighted by atomic mass is 10.2. The third-order valence-corrected chi connectivity index (χ3v) is 1.99. The lowest BCUT2D eigenvalue weighted by molar-refractivity contribution is -0.119. The Morgan fingerprint density at radius 1 is 1.36 bits per heavy atom. The van der Waals surface area contributed by atoms with Crippen molar-refractivity contribution in [2.24, 2.45) is 5.18 Å². The quantitative estimate of drug-likeness (QED) is 0.685. The molecule has 1 unspecified atom stereocenters. The minimum absolute atomic E-state index is 0.300. The molecular weight excluding hydrogens is 180 g/mol. The Morgan fingerprint density at radius 3 is 2.43 bits per heavy atom. The maximum atomic E-state index is 11.5. The molecule has 1 aromatic carbocycles. The van der Waals surface area contributed by atoms with Crippen LogP contribution in [0.5, 0.6) is 0 Å². The molecule has 1 rings (SSSR count). The van der Waals surface area contributed by atoms with E-state index in [4.69, 9.17) is 0 Å². The van der Waals surface area contributed by atoms with Crippen LogP contribution in [0.1, 0.15) is 6.92 Å². The average molecular weight is 192 g/mol. The highest BCUT2D eigenvalue weighted by Crippen LogP contribution is 2.12. The minimum atomic E-state index is -0.833. The molecule has 1 aromatic rings. The molecule has 0 radical (unpaired) electrons. The normalized spacial score (nSPS) is 11.9. The molecule has 4 heteroatoms. The molecule has 74 valence electrons. The molecule has 0 saturated heterocycles. The number of rotatable bonds is 3. The van der Waals surface area contributed by atoms with Gasteiger partial charge in [-0.15, -0.1) is 4.91 Å². The summed E-state index contributed by atoms with van der Waals surface area (Å²) in [6, 6.07) is 8.30. The van der Waals surface area contributed by atoms with E-state index in [1.165, 1.54) is 11.8 Å². The van der Waals surface area contributed by atoms with Crippen LogP contribution < -0.4 is 4.90 Å². The number of nitroso groups, excluding NO2 is 1. The van der Waals surface area contributed by atoms with E-state index in [-0.39, 0.29) is 5.91 Å². The van der Waals surface area contributed by atoms with Gasteiger partial charge >= 0.3 is 0 Å². The third-order valence-electron chi connectivity index (χ3n) is 1.99. The molecule has 14 heavy (non-hydrogen) atoms. The van der Waals surface area contributed by atoms with Crippen molar-refractivity contribution in [2.75, 3.05) is 11.9 Å². The Bertz CT molecular complexity index is 324. The first kappa shape index (κ1) is 10.4. The molecule has 0 saturated carbocycles. The fraction of sp³-hybridized carbons (Fsp3) is 0.300. The number of likely N-dealkylation sites (N-methyl/N-ethyl adjacent to an activating group) is 1. The molecule has 0 fully saturated rings. The first-order valence-corrected chi connectivity index (χ1v) is 4.32. The predicted molar refractivity (Wildman–Crippen MR) is 55.1 cm³/mol. The van der Waals surface area contributed by atoms with Gasteiger partial charge in [0.1, 0.15) is 0 Å². The van der Waals surface area contributed by atoms with Gasteiger partial charge in [0.15, 0.2) is 6.04 Å². The van der Waals surface area contributed by atoms with E-state index < -0.39 is 6.04 Å². The molecule has 0 bridgehead atoms. The smallest absolute Gasteiger partial charge is 0.254 e. The summed E-state index contributed by atoms with van der Waals surface area (Å²) in [6.45, 7) is 1.48. The van der Waals surface area contributed by atoms with Crippen molar-refractivity contribution in [1.29, 1.82) is 0 Å². The van der Waals surface area contributed by atoms with E-state index in [9.17, 15) is 9.70 Å². The van der Waals surface area contributed by atoms with Crippen LogP contribution in [0.15, 0.2) is 35.5 Å². The van der Waals surface area contributed by atoms with Crippen molar-refractivity contribution in [3.63, 3.8) is 0 Å². The van der Waals surface area contributed by atoms with Crippen LogP contribution in [0.4, 0.5) is 5.69 Å². The molecule has 0 spiro atoms. The van der Waals surface area contributed by atoms with Gasteiger partial charge in [-0.25, -0.2) is 0 Å². The van der Waals surface area contributed by atoms with Crippen LogP contribution in [0.25, 0.3) is 0 Å². The van der Waals surface area contributed by atoms with Crippen LogP contribution in [-0.2, 0) is 4.79 Å². The average Bonchev–Trinajstić information content (AvgIpc) is 2.27. The van der Waals surface area contributed by atoms with Gasteiger partial charge in [-0.05, 0) is 19.1 Å². The number of nitrogens with zero attached hydrogens (tertiary/aromatic N) is 2. The Labute approximate surface area is 82.5 Å². The molecule has 0 aliphatic rings. The van der Waals surface area contributed by atoms with Crippen LogP contribution in [0.2, 0.25) is 0 Å². The van der Waals surface area contributed by atoms with Gasteiger partial charge in [0.05, 0.1) is 0 Å². The maximum Gasteiger partial charge on any atom is 0.254 e. The third kappa shape index (κ3) is 2.16. The van der Waals surface area contributed by atoms with E-state index in [2.05, 4.69) is 5.18 Å². The number of para-hydroxylation sites is 1. The zero-order valence-electron chi connectivity index (χ0n) is 8.18. The summed E-state index contributed by atoms with van der Waals surface area (Å²) in [4.78, 5) is 23.1.